The van der Waals surface area contributed by atoms with E-state index in [-0.39, 0.29) is 6.61 Å². The molecule has 0 amide bonds. The van der Waals surface area contributed by atoms with E-state index in [0.717, 1.165) is 15.5 Å². The van der Waals surface area contributed by atoms with Gasteiger partial charge in [-0.25, -0.2) is 14.4 Å². The van der Waals surface area contributed by atoms with Crippen LogP contribution in [0.3, 0.4) is 0 Å². The minimum atomic E-state index is -0.480. The average Bonchev–Trinajstić information content (AvgIpc) is 2.91. The molecule has 1 aromatic heterocycles. The molecule has 0 aliphatic rings. The van der Waals surface area contributed by atoms with Crippen molar-refractivity contribution in [1.82, 2.24) is 9.97 Å². The number of hydrogen-bond acceptors (Lipinski definition) is 10. The lowest BCUT2D eigenvalue weighted by Crippen LogP contribution is -2.14. The minimum absolute atomic E-state index is 0.107. The number of halogens is 2. The molecule has 38 heavy (non-hydrogen) atoms. The van der Waals surface area contributed by atoms with Gasteiger partial charge in [-0.3, -0.25) is 0 Å². The Balaban J connectivity index is 1.26. The summed E-state index contributed by atoms with van der Waals surface area (Å²) in [7, 11) is 0. The van der Waals surface area contributed by atoms with Crippen LogP contribution in [0.2, 0.25) is 0 Å². The number of benzene rings is 2. The van der Waals surface area contributed by atoms with Crippen LogP contribution in [0, 0.1) is 0 Å². The molecule has 3 N–H and O–H groups in total. The maximum Gasteiger partial charge on any atom is 0.144 e. The fraction of sp³-hybridized carbons (Fsp3) is 0.462. The maximum absolute atomic E-state index is 11.8. The number of nitrogen functional groups attached to an aromatic ring is 1. The minimum Gasteiger partial charge on any atom is -0.489 e. The van der Waals surface area contributed by atoms with Crippen LogP contribution in [0.4, 0.5) is 21.6 Å². The van der Waals surface area contributed by atoms with Crippen LogP contribution in [0.1, 0.15) is 0 Å². The molecule has 0 unspecified atom stereocenters. The van der Waals surface area contributed by atoms with E-state index in [1.54, 1.807) is 12.1 Å². The molecular formula is C26H34BrFN4O6. The first-order valence-corrected chi connectivity index (χ1v) is 13.1. The summed E-state index contributed by atoms with van der Waals surface area (Å²) in [5.41, 5.74) is 8.33. The number of ether oxygens (including phenoxy) is 6. The predicted molar refractivity (Wildman–Crippen MR) is 147 cm³/mol. The lowest BCUT2D eigenvalue weighted by Gasteiger charge is -2.13. The molecule has 0 aliphatic carbocycles. The molecule has 0 spiro atoms. The second-order valence-corrected chi connectivity index (χ2v) is 8.78. The van der Waals surface area contributed by atoms with E-state index in [9.17, 15) is 4.39 Å². The van der Waals surface area contributed by atoms with Gasteiger partial charge in [0.05, 0.1) is 77.3 Å². The van der Waals surface area contributed by atoms with Crippen LogP contribution in [0.25, 0.3) is 10.9 Å². The zero-order valence-electron chi connectivity index (χ0n) is 21.2. The van der Waals surface area contributed by atoms with E-state index in [0.29, 0.717) is 88.8 Å². The Kier molecular flexibility index (Phi) is 14.0. The Morgan fingerprint density at radius 2 is 1.37 bits per heavy atom. The Hall–Kier alpha value is -2.61. The van der Waals surface area contributed by atoms with E-state index in [1.807, 2.05) is 24.3 Å². The number of alkyl halides is 1. The Morgan fingerprint density at radius 3 is 1.97 bits per heavy atom. The summed E-state index contributed by atoms with van der Waals surface area (Å²) in [4.78, 5) is 8.71. The number of fused-ring (bicyclic) bond motifs is 1. The highest BCUT2D eigenvalue weighted by Crippen LogP contribution is 2.31. The smallest absolute Gasteiger partial charge is 0.144 e. The standard InChI is InChI=1S/C26H34BrFN4O6/c27-20-2-1-3-21(16-20)32-26-22-17-23(29)25(18-24(22)30-19-31-26)38-15-14-37-13-12-36-11-10-35-9-8-34-7-6-33-5-4-28/h1-3,16-19H,4-15,29H2,(H,30,31,32). The van der Waals surface area contributed by atoms with Crippen LogP contribution >= 0.6 is 15.9 Å². The van der Waals surface area contributed by atoms with Gasteiger partial charge in [-0.15, -0.1) is 0 Å². The summed E-state index contributed by atoms with van der Waals surface area (Å²) >= 11 is 3.47. The average molecular weight is 597 g/mol. The number of nitrogens with zero attached hydrogens (tertiary/aromatic N) is 2. The van der Waals surface area contributed by atoms with E-state index in [4.69, 9.17) is 34.2 Å². The molecule has 208 valence electrons. The third kappa shape index (κ3) is 11.0. The summed E-state index contributed by atoms with van der Waals surface area (Å²) in [5.74, 6) is 1.20. The van der Waals surface area contributed by atoms with Crippen molar-refractivity contribution >= 4 is 44.0 Å². The van der Waals surface area contributed by atoms with E-state index < -0.39 is 6.67 Å². The summed E-state index contributed by atoms with van der Waals surface area (Å²) in [5, 5.41) is 4.09. The monoisotopic (exact) mass is 596 g/mol. The molecule has 0 atom stereocenters. The highest BCUT2D eigenvalue weighted by molar-refractivity contribution is 9.10. The number of rotatable bonds is 20. The van der Waals surface area contributed by atoms with Gasteiger partial charge in [-0.05, 0) is 24.3 Å². The highest BCUT2D eigenvalue weighted by atomic mass is 79.9. The van der Waals surface area contributed by atoms with Crippen molar-refractivity contribution < 1.29 is 32.8 Å². The molecule has 0 bridgehead atoms. The molecule has 0 radical (unpaired) electrons. The normalized spacial score (nSPS) is 11.2. The van der Waals surface area contributed by atoms with Gasteiger partial charge in [0.25, 0.3) is 0 Å². The lowest BCUT2D eigenvalue weighted by atomic mass is 10.2. The molecule has 3 rings (SSSR count). The third-order valence-electron chi connectivity index (χ3n) is 5.05. The second-order valence-electron chi connectivity index (χ2n) is 7.86. The molecule has 12 heteroatoms. The van der Waals surface area contributed by atoms with Crippen molar-refractivity contribution in [3.63, 3.8) is 0 Å². The van der Waals surface area contributed by atoms with Gasteiger partial charge in [-0.2, -0.15) is 0 Å². The largest absolute Gasteiger partial charge is 0.489 e. The van der Waals surface area contributed by atoms with Crippen molar-refractivity contribution in [2.24, 2.45) is 0 Å². The molecule has 2 aromatic carbocycles. The van der Waals surface area contributed by atoms with E-state index >= 15 is 0 Å². The SMILES string of the molecule is Nc1cc2c(Nc3cccc(Br)c3)ncnc2cc1OCCOCCOCCOCCOCCOCCF. The van der Waals surface area contributed by atoms with Gasteiger partial charge in [0.15, 0.2) is 0 Å². The van der Waals surface area contributed by atoms with E-state index in [2.05, 4.69) is 31.2 Å². The third-order valence-corrected chi connectivity index (χ3v) is 5.54. The quantitative estimate of drug-likeness (QED) is 0.145. The molecule has 0 aliphatic heterocycles. The molecule has 0 saturated heterocycles. The molecular weight excluding hydrogens is 563 g/mol. The Labute approximate surface area is 230 Å². The Morgan fingerprint density at radius 1 is 0.763 bits per heavy atom. The van der Waals surface area contributed by atoms with Gasteiger partial charge in [-0.1, -0.05) is 22.0 Å². The number of anilines is 3. The summed E-state index contributed by atoms with van der Waals surface area (Å²) in [6.07, 6.45) is 1.50. The molecule has 0 fully saturated rings. The maximum atomic E-state index is 11.8. The van der Waals surface area contributed by atoms with Crippen molar-refractivity contribution in [2.45, 2.75) is 0 Å². The first-order chi connectivity index (χ1) is 18.7. The topological polar surface area (TPSA) is 119 Å². The van der Waals surface area contributed by atoms with Crippen LogP contribution < -0.4 is 15.8 Å². The van der Waals surface area contributed by atoms with Gasteiger partial charge in [0, 0.05) is 21.6 Å². The van der Waals surface area contributed by atoms with E-state index in [1.165, 1.54) is 6.33 Å². The van der Waals surface area contributed by atoms with Gasteiger partial charge >= 0.3 is 0 Å². The fourth-order valence-electron chi connectivity index (χ4n) is 3.28. The van der Waals surface area contributed by atoms with Gasteiger partial charge < -0.3 is 39.5 Å². The molecule has 3 aromatic rings. The van der Waals surface area contributed by atoms with Crippen molar-refractivity contribution in [3.8, 4) is 5.75 Å². The number of hydrogen-bond donors (Lipinski definition) is 2. The molecule has 10 nitrogen and oxygen atoms in total. The summed E-state index contributed by atoms with van der Waals surface area (Å²) in [6.45, 7) is 3.92. The number of aromatic nitrogens is 2. The Bertz CT molecular complexity index is 1100. The van der Waals surface area contributed by atoms with Gasteiger partial charge in [0.2, 0.25) is 0 Å². The zero-order valence-corrected chi connectivity index (χ0v) is 22.8. The van der Waals surface area contributed by atoms with Crippen LogP contribution in [0.5, 0.6) is 5.75 Å². The second kappa shape index (κ2) is 17.8. The predicted octanol–water partition coefficient (Wildman–Crippen LogP) is 4.15. The fourth-order valence-corrected chi connectivity index (χ4v) is 3.67. The lowest BCUT2D eigenvalue weighted by molar-refractivity contribution is -0.0132. The van der Waals surface area contributed by atoms with Crippen molar-refractivity contribution in [3.05, 3.63) is 47.2 Å². The molecule has 0 saturated carbocycles. The van der Waals surface area contributed by atoms with Crippen LogP contribution in [-0.2, 0) is 23.7 Å². The molecule has 1 heterocycles. The van der Waals surface area contributed by atoms with Crippen LogP contribution in [0.15, 0.2) is 47.2 Å². The number of nitrogens with two attached hydrogens (primary N) is 1. The summed E-state index contributed by atoms with van der Waals surface area (Å²) in [6, 6.07) is 11.4. The van der Waals surface area contributed by atoms with Crippen molar-refractivity contribution in [2.75, 3.05) is 90.4 Å². The van der Waals surface area contributed by atoms with Crippen LogP contribution in [-0.4, -0.2) is 89.3 Å². The first kappa shape index (κ1) is 29.9. The summed E-state index contributed by atoms with van der Waals surface area (Å²) < 4.78 is 45.3. The van der Waals surface area contributed by atoms with Crippen molar-refractivity contribution in [1.29, 1.82) is 0 Å². The van der Waals surface area contributed by atoms with Gasteiger partial charge in [0.1, 0.15) is 31.2 Å². The first-order valence-electron chi connectivity index (χ1n) is 12.3. The highest BCUT2D eigenvalue weighted by Gasteiger charge is 2.10. The number of nitrogens with one attached hydrogen (secondary N) is 1. The zero-order chi connectivity index (χ0) is 26.8.